The van der Waals surface area contributed by atoms with Crippen LogP contribution in [0, 0.1) is 5.92 Å². The zero-order chi connectivity index (χ0) is 19.1. The summed E-state index contributed by atoms with van der Waals surface area (Å²) in [6.45, 7) is 3.57. The molecule has 2 heterocycles. The van der Waals surface area contributed by atoms with Crippen molar-refractivity contribution in [1.29, 1.82) is 0 Å². The van der Waals surface area contributed by atoms with Gasteiger partial charge in [0.2, 0.25) is 11.8 Å². The van der Waals surface area contributed by atoms with Gasteiger partial charge < -0.3 is 15.1 Å². The third kappa shape index (κ3) is 3.28. The average Bonchev–Trinajstić information content (AvgIpc) is 3.54. The minimum atomic E-state index is 0.110. The van der Waals surface area contributed by atoms with E-state index in [1.807, 2.05) is 9.80 Å². The van der Waals surface area contributed by atoms with E-state index in [4.69, 9.17) is 0 Å². The summed E-state index contributed by atoms with van der Waals surface area (Å²) in [5.74, 6) is 0.911. The van der Waals surface area contributed by atoms with Crippen LogP contribution in [0.2, 0.25) is 0 Å². The van der Waals surface area contributed by atoms with Crippen LogP contribution in [-0.4, -0.2) is 60.4 Å². The molecule has 0 spiro atoms. The van der Waals surface area contributed by atoms with Gasteiger partial charge in [0.15, 0.2) is 0 Å². The van der Waals surface area contributed by atoms with Crippen LogP contribution >= 0.6 is 0 Å². The summed E-state index contributed by atoms with van der Waals surface area (Å²) in [5.41, 5.74) is 1.28. The fourth-order valence-electron chi connectivity index (χ4n) is 4.93. The maximum atomic E-state index is 13.1. The highest BCUT2D eigenvalue weighted by Crippen LogP contribution is 2.49. The molecule has 2 aromatic carbocycles. The van der Waals surface area contributed by atoms with Gasteiger partial charge in [0.1, 0.15) is 0 Å². The second-order valence-corrected chi connectivity index (χ2v) is 8.40. The van der Waals surface area contributed by atoms with E-state index in [2.05, 4.69) is 47.8 Å². The van der Waals surface area contributed by atoms with Crippen LogP contribution in [0.25, 0.3) is 10.8 Å². The normalized spacial score (nSPS) is 27.9. The van der Waals surface area contributed by atoms with Crippen molar-refractivity contribution in [3.8, 4) is 0 Å². The number of hydrogen-bond acceptors (Lipinski definition) is 3. The largest absolute Gasteiger partial charge is 0.340 e. The summed E-state index contributed by atoms with van der Waals surface area (Å²) in [4.78, 5) is 29.4. The van der Waals surface area contributed by atoms with Crippen molar-refractivity contribution >= 4 is 22.6 Å². The molecule has 0 aromatic heterocycles. The van der Waals surface area contributed by atoms with E-state index >= 15 is 0 Å². The second kappa shape index (κ2) is 7.21. The molecule has 2 saturated heterocycles. The SMILES string of the molecule is O=C(C1CC1c1ccc2ccccc2c1)N1CCCC(N2CCNCC2=O)C1. The third-order valence-electron chi connectivity index (χ3n) is 6.58. The quantitative estimate of drug-likeness (QED) is 0.894. The minimum absolute atomic E-state index is 0.110. The van der Waals surface area contributed by atoms with Gasteiger partial charge in [-0.3, -0.25) is 9.59 Å². The van der Waals surface area contributed by atoms with E-state index in [-0.39, 0.29) is 23.8 Å². The molecule has 2 aromatic rings. The molecule has 3 fully saturated rings. The summed E-state index contributed by atoms with van der Waals surface area (Å²) < 4.78 is 0. The highest BCUT2D eigenvalue weighted by molar-refractivity contribution is 5.86. The Hall–Kier alpha value is -2.40. The number of piperidine rings is 1. The predicted molar refractivity (Wildman–Crippen MR) is 109 cm³/mol. The molecule has 2 aliphatic heterocycles. The van der Waals surface area contributed by atoms with Crippen LogP contribution in [-0.2, 0) is 9.59 Å². The molecule has 0 bridgehead atoms. The molecule has 28 heavy (non-hydrogen) atoms. The molecule has 2 amide bonds. The molecule has 5 rings (SSSR count). The lowest BCUT2D eigenvalue weighted by atomic mass is 10.0. The van der Waals surface area contributed by atoms with E-state index < -0.39 is 0 Å². The highest BCUT2D eigenvalue weighted by Gasteiger charge is 2.46. The van der Waals surface area contributed by atoms with Crippen LogP contribution < -0.4 is 5.32 Å². The third-order valence-corrected chi connectivity index (χ3v) is 6.58. The van der Waals surface area contributed by atoms with Crippen molar-refractivity contribution in [2.75, 3.05) is 32.7 Å². The molecule has 146 valence electrons. The fraction of sp³-hybridized carbons (Fsp3) is 0.478. The molecule has 1 aliphatic carbocycles. The van der Waals surface area contributed by atoms with Crippen molar-refractivity contribution in [2.24, 2.45) is 5.92 Å². The van der Waals surface area contributed by atoms with E-state index in [9.17, 15) is 9.59 Å². The van der Waals surface area contributed by atoms with Crippen molar-refractivity contribution in [1.82, 2.24) is 15.1 Å². The molecular formula is C23H27N3O2. The smallest absolute Gasteiger partial charge is 0.236 e. The summed E-state index contributed by atoms with van der Waals surface area (Å²) in [5, 5.41) is 5.62. The Kier molecular flexibility index (Phi) is 4.55. The topological polar surface area (TPSA) is 52.7 Å². The number of fused-ring (bicyclic) bond motifs is 1. The summed E-state index contributed by atoms with van der Waals surface area (Å²) in [6, 6.07) is 15.2. The maximum Gasteiger partial charge on any atom is 0.236 e. The molecule has 5 heteroatoms. The van der Waals surface area contributed by atoms with Gasteiger partial charge in [-0.05, 0) is 41.5 Å². The highest BCUT2D eigenvalue weighted by atomic mass is 16.2. The Balaban J connectivity index is 1.25. The number of nitrogens with zero attached hydrogens (tertiary/aromatic N) is 2. The summed E-state index contributed by atoms with van der Waals surface area (Å²) in [6.07, 6.45) is 2.94. The number of carbonyl (C=O) groups is 2. The molecule has 5 nitrogen and oxygen atoms in total. The average molecular weight is 377 g/mol. The zero-order valence-corrected chi connectivity index (χ0v) is 16.1. The standard InChI is InChI=1S/C23H27N3O2/c27-22-14-24-9-11-26(22)19-6-3-10-25(15-19)23(28)21-13-20(21)18-8-7-16-4-1-2-5-17(16)12-18/h1-2,4-5,7-8,12,19-21,24H,3,6,9-11,13-15H2. The van der Waals surface area contributed by atoms with Crippen molar-refractivity contribution in [3.63, 3.8) is 0 Å². The Bertz CT molecular complexity index is 912. The van der Waals surface area contributed by atoms with Crippen LogP contribution in [0.1, 0.15) is 30.7 Å². The van der Waals surface area contributed by atoms with E-state index in [0.717, 1.165) is 38.9 Å². The maximum absolute atomic E-state index is 13.1. The van der Waals surface area contributed by atoms with Crippen LogP contribution in [0.4, 0.5) is 0 Å². The molecule has 3 aliphatic rings. The van der Waals surface area contributed by atoms with Crippen molar-refractivity contribution in [3.05, 3.63) is 48.0 Å². The van der Waals surface area contributed by atoms with Crippen LogP contribution in [0.5, 0.6) is 0 Å². The minimum Gasteiger partial charge on any atom is -0.340 e. The number of benzene rings is 2. The molecule has 1 N–H and O–H groups in total. The van der Waals surface area contributed by atoms with Gasteiger partial charge in [-0.25, -0.2) is 0 Å². The van der Waals surface area contributed by atoms with Gasteiger partial charge in [-0.15, -0.1) is 0 Å². The van der Waals surface area contributed by atoms with Gasteiger partial charge in [-0.1, -0.05) is 42.5 Å². The van der Waals surface area contributed by atoms with Gasteiger partial charge in [-0.2, -0.15) is 0 Å². The zero-order valence-electron chi connectivity index (χ0n) is 16.1. The summed E-state index contributed by atoms with van der Waals surface area (Å²) in [7, 11) is 0. The van der Waals surface area contributed by atoms with Crippen molar-refractivity contribution in [2.45, 2.75) is 31.2 Å². The van der Waals surface area contributed by atoms with Gasteiger partial charge in [0.05, 0.1) is 6.54 Å². The van der Waals surface area contributed by atoms with E-state index in [1.54, 1.807) is 0 Å². The Morgan fingerprint density at radius 1 is 1.07 bits per heavy atom. The lowest BCUT2D eigenvalue weighted by molar-refractivity contribution is -0.141. The Morgan fingerprint density at radius 2 is 1.93 bits per heavy atom. The van der Waals surface area contributed by atoms with Crippen molar-refractivity contribution < 1.29 is 9.59 Å². The molecule has 3 atom stereocenters. The molecular weight excluding hydrogens is 350 g/mol. The lowest BCUT2D eigenvalue weighted by Gasteiger charge is -2.41. The number of carbonyl (C=O) groups excluding carboxylic acids is 2. The predicted octanol–water partition coefficient (Wildman–Crippen LogP) is 2.37. The van der Waals surface area contributed by atoms with Gasteiger partial charge >= 0.3 is 0 Å². The van der Waals surface area contributed by atoms with Crippen LogP contribution in [0.15, 0.2) is 42.5 Å². The first kappa shape index (κ1) is 17.7. The number of amides is 2. The fourth-order valence-corrected chi connectivity index (χ4v) is 4.93. The van der Waals surface area contributed by atoms with Gasteiger partial charge in [0.25, 0.3) is 0 Å². The number of likely N-dealkylation sites (tertiary alicyclic amines) is 1. The Labute approximate surface area is 165 Å². The Morgan fingerprint density at radius 3 is 2.79 bits per heavy atom. The first-order chi connectivity index (χ1) is 13.7. The monoisotopic (exact) mass is 377 g/mol. The molecule has 0 radical (unpaired) electrons. The number of rotatable bonds is 3. The molecule has 3 unspecified atom stereocenters. The molecule has 1 saturated carbocycles. The second-order valence-electron chi connectivity index (χ2n) is 8.40. The first-order valence-electron chi connectivity index (χ1n) is 10.5. The van der Waals surface area contributed by atoms with E-state index in [1.165, 1.54) is 16.3 Å². The van der Waals surface area contributed by atoms with Gasteiger partial charge in [0, 0.05) is 38.1 Å². The number of nitrogens with one attached hydrogen (secondary N) is 1. The van der Waals surface area contributed by atoms with E-state index in [0.29, 0.717) is 19.0 Å². The number of hydrogen-bond donors (Lipinski definition) is 1. The lowest BCUT2D eigenvalue weighted by Crippen LogP contribution is -2.57. The first-order valence-corrected chi connectivity index (χ1v) is 10.5. The van der Waals surface area contributed by atoms with Crippen LogP contribution in [0.3, 0.4) is 0 Å². The summed E-state index contributed by atoms with van der Waals surface area (Å²) >= 11 is 0. The number of piperazine rings is 1.